The molecule has 0 heterocycles. The van der Waals surface area contributed by atoms with Crippen LogP contribution in [0, 0.1) is 6.07 Å². The van der Waals surface area contributed by atoms with Gasteiger partial charge in [0.05, 0.1) is 0 Å². The van der Waals surface area contributed by atoms with Crippen LogP contribution in [0.15, 0.2) is 48.5 Å². The molecule has 2 rings (SSSR count). The third kappa shape index (κ3) is 2.52. The highest BCUT2D eigenvalue weighted by atomic mass is 14.1. The first kappa shape index (κ1) is 10.9. The van der Waals surface area contributed by atoms with Crippen LogP contribution in [0.5, 0.6) is 0 Å². The van der Waals surface area contributed by atoms with Gasteiger partial charge in [-0.25, -0.2) is 0 Å². The average molecular weight is 209 g/mol. The van der Waals surface area contributed by atoms with Crippen molar-refractivity contribution in [2.75, 3.05) is 0 Å². The van der Waals surface area contributed by atoms with Crippen molar-refractivity contribution >= 4 is 0 Å². The summed E-state index contributed by atoms with van der Waals surface area (Å²) < 4.78 is 0. The van der Waals surface area contributed by atoms with E-state index in [9.17, 15) is 0 Å². The summed E-state index contributed by atoms with van der Waals surface area (Å²) in [6, 6.07) is 20.2. The largest absolute Gasteiger partial charge is 0.0654 e. The minimum Gasteiger partial charge on any atom is -0.0654 e. The van der Waals surface area contributed by atoms with Crippen molar-refractivity contribution in [3.05, 3.63) is 60.2 Å². The van der Waals surface area contributed by atoms with Crippen LogP contribution < -0.4 is 0 Å². The molecule has 0 bridgehead atoms. The molecule has 0 fully saturated rings. The van der Waals surface area contributed by atoms with E-state index in [4.69, 9.17) is 0 Å². The Kier molecular flexibility index (Phi) is 3.76. The van der Waals surface area contributed by atoms with E-state index in [0.29, 0.717) is 0 Å². The van der Waals surface area contributed by atoms with Gasteiger partial charge in [0.1, 0.15) is 0 Å². The standard InChI is InChI=1S/C16H17/c1-2-3-9-14-12-7-8-13-16(14)15-10-5-4-6-11-15/h4-8,10-11,13H,2-3,9H2,1H3. The molecule has 0 heteroatoms. The van der Waals surface area contributed by atoms with E-state index in [1.807, 2.05) is 6.07 Å². The van der Waals surface area contributed by atoms with Crippen LogP contribution in [0.1, 0.15) is 25.3 Å². The second-order valence-electron chi connectivity index (χ2n) is 4.03. The van der Waals surface area contributed by atoms with Gasteiger partial charge < -0.3 is 0 Å². The number of benzene rings is 2. The summed E-state index contributed by atoms with van der Waals surface area (Å²) in [5, 5.41) is 0. The van der Waals surface area contributed by atoms with Gasteiger partial charge in [0.25, 0.3) is 0 Å². The molecular formula is C16H17. The summed E-state index contributed by atoms with van der Waals surface area (Å²) in [6.07, 6.45) is 3.60. The fourth-order valence-corrected chi connectivity index (χ4v) is 1.92. The summed E-state index contributed by atoms with van der Waals surface area (Å²) in [7, 11) is 0. The lowest BCUT2D eigenvalue weighted by molar-refractivity contribution is 0.795. The number of unbranched alkanes of at least 4 members (excludes halogenated alkanes) is 1. The van der Waals surface area contributed by atoms with Crippen molar-refractivity contribution in [2.24, 2.45) is 0 Å². The third-order valence-corrected chi connectivity index (χ3v) is 2.81. The van der Waals surface area contributed by atoms with E-state index in [1.54, 1.807) is 0 Å². The smallest absolute Gasteiger partial charge is 0.0143 e. The first-order chi connectivity index (χ1) is 7.92. The molecule has 81 valence electrons. The van der Waals surface area contributed by atoms with E-state index in [1.165, 1.54) is 29.5 Å². The van der Waals surface area contributed by atoms with Gasteiger partial charge in [-0.05, 0) is 35.6 Å². The van der Waals surface area contributed by atoms with Gasteiger partial charge >= 0.3 is 0 Å². The molecule has 1 radical (unpaired) electrons. The summed E-state index contributed by atoms with van der Waals surface area (Å²) in [5.74, 6) is 0. The normalized spacial score (nSPS) is 10.3. The van der Waals surface area contributed by atoms with Crippen molar-refractivity contribution in [3.8, 4) is 11.1 Å². The molecule has 0 aliphatic rings. The Morgan fingerprint density at radius 3 is 2.56 bits per heavy atom. The highest BCUT2D eigenvalue weighted by Gasteiger charge is 2.03. The molecule has 0 nitrogen and oxygen atoms in total. The van der Waals surface area contributed by atoms with E-state index < -0.39 is 0 Å². The van der Waals surface area contributed by atoms with Crippen LogP contribution in [0.25, 0.3) is 11.1 Å². The molecule has 0 saturated heterocycles. The fraction of sp³-hybridized carbons (Fsp3) is 0.250. The molecule has 0 aromatic heterocycles. The lowest BCUT2D eigenvalue weighted by atomic mass is 9.96. The zero-order valence-corrected chi connectivity index (χ0v) is 9.74. The first-order valence-electron chi connectivity index (χ1n) is 5.97. The molecule has 0 saturated carbocycles. The maximum absolute atomic E-state index is 3.37. The van der Waals surface area contributed by atoms with Crippen LogP contribution in [0.4, 0.5) is 0 Å². The van der Waals surface area contributed by atoms with Crippen molar-refractivity contribution in [2.45, 2.75) is 26.2 Å². The Balaban J connectivity index is 2.33. The molecule has 0 N–H and O–H groups in total. The highest BCUT2D eigenvalue weighted by Crippen LogP contribution is 2.24. The Labute approximate surface area is 97.9 Å². The van der Waals surface area contributed by atoms with Gasteiger partial charge in [-0.1, -0.05) is 61.9 Å². The van der Waals surface area contributed by atoms with Crippen molar-refractivity contribution in [1.82, 2.24) is 0 Å². The topological polar surface area (TPSA) is 0 Å². The summed E-state index contributed by atoms with van der Waals surface area (Å²) >= 11 is 0. The number of hydrogen-bond donors (Lipinski definition) is 0. The predicted molar refractivity (Wildman–Crippen MR) is 69.3 cm³/mol. The van der Waals surface area contributed by atoms with E-state index in [-0.39, 0.29) is 0 Å². The maximum atomic E-state index is 3.37. The Morgan fingerprint density at radius 1 is 1.00 bits per heavy atom. The molecule has 0 aliphatic heterocycles. The SMILES string of the molecule is CCCCc1[c]cccc1-c1ccccc1. The number of rotatable bonds is 4. The molecule has 16 heavy (non-hydrogen) atoms. The summed E-state index contributed by atoms with van der Waals surface area (Å²) in [5.41, 5.74) is 3.97. The maximum Gasteiger partial charge on any atom is -0.0143 e. The van der Waals surface area contributed by atoms with Crippen LogP contribution in [0.2, 0.25) is 0 Å². The van der Waals surface area contributed by atoms with Crippen LogP contribution in [-0.2, 0) is 6.42 Å². The third-order valence-electron chi connectivity index (χ3n) is 2.81. The van der Waals surface area contributed by atoms with Crippen molar-refractivity contribution in [3.63, 3.8) is 0 Å². The highest BCUT2D eigenvalue weighted by molar-refractivity contribution is 5.66. The number of aryl methyl sites for hydroxylation is 1. The quantitative estimate of drug-likeness (QED) is 0.695. The summed E-state index contributed by atoms with van der Waals surface area (Å²) in [6.45, 7) is 2.23. The average Bonchev–Trinajstić information content (AvgIpc) is 2.38. The lowest BCUT2D eigenvalue weighted by Crippen LogP contribution is -1.90. The minimum absolute atomic E-state index is 1.13. The van der Waals surface area contributed by atoms with Gasteiger partial charge in [-0.2, -0.15) is 0 Å². The van der Waals surface area contributed by atoms with Gasteiger partial charge in [-0.3, -0.25) is 0 Å². The molecule has 2 aromatic carbocycles. The predicted octanol–water partition coefficient (Wildman–Crippen LogP) is 4.50. The van der Waals surface area contributed by atoms with Gasteiger partial charge in [0, 0.05) is 0 Å². The van der Waals surface area contributed by atoms with Crippen LogP contribution in [-0.4, -0.2) is 0 Å². The zero-order chi connectivity index (χ0) is 11.2. The van der Waals surface area contributed by atoms with E-state index in [0.717, 1.165) is 6.42 Å². The van der Waals surface area contributed by atoms with Crippen molar-refractivity contribution < 1.29 is 0 Å². The first-order valence-corrected chi connectivity index (χ1v) is 5.97. The van der Waals surface area contributed by atoms with Gasteiger partial charge in [0.2, 0.25) is 0 Å². The molecule has 0 unspecified atom stereocenters. The minimum atomic E-state index is 1.13. The molecule has 2 aromatic rings. The summed E-state index contributed by atoms with van der Waals surface area (Å²) in [4.78, 5) is 0. The monoisotopic (exact) mass is 209 g/mol. The van der Waals surface area contributed by atoms with Crippen LogP contribution >= 0.6 is 0 Å². The van der Waals surface area contributed by atoms with Crippen molar-refractivity contribution in [1.29, 1.82) is 0 Å². The Morgan fingerprint density at radius 2 is 1.81 bits per heavy atom. The van der Waals surface area contributed by atoms with Gasteiger partial charge in [0.15, 0.2) is 0 Å². The molecule has 0 aliphatic carbocycles. The Bertz CT molecular complexity index is 429. The molecule has 0 atom stereocenters. The molecule has 0 spiro atoms. The second kappa shape index (κ2) is 5.50. The Hall–Kier alpha value is -1.56. The fourth-order valence-electron chi connectivity index (χ4n) is 1.92. The van der Waals surface area contributed by atoms with Gasteiger partial charge in [-0.15, -0.1) is 0 Å². The van der Waals surface area contributed by atoms with E-state index in [2.05, 4.69) is 55.5 Å². The van der Waals surface area contributed by atoms with Crippen LogP contribution in [0.3, 0.4) is 0 Å². The number of hydrogen-bond acceptors (Lipinski definition) is 0. The molecule has 0 amide bonds. The zero-order valence-electron chi connectivity index (χ0n) is 9.74. The van der Waals surface area contributed by atoms with E-state index >= 15 is 0 Å². The molecular weight excluding hydrogens is 192 g/mol. The lowest BCUT2D eigenvalue weighted by Gasteiger charge is -2.08. The second-order valence-corrected chi connectivity index (χ2v) is 4.03.